The van der Waals surface area contributed by atoms with Crippen LogP contribution in [-0.2, 0) is 0 Å². The van der Waals surface area contributed by atoms with Crippen LogP contribution in [0, 0.1) is 0 Å². The van der Waals surface area contributed by atoms with Crippen LogP contribution in [0.3, 0.4) is 0 Å². The molecule has 7 heteroatoms. The summed E-state index contributed by atoms with van der Waals surface area (Å²) in [6.07, 6.45) is 1.01. The van der Waals surface area contributed by atoms with Crippen molar-refractivity contribution in [3.8, 4) is 0 Å². The largest absolute Gasteiger partial charge is 0.365 e. The molecule has 3 heterocycles. The second kappa shape index (κ2) is 5.61. The Balaban J connectivity index is 1.92. The predicted octanol–water partition coefficient (Wildman–Crippen LogP) is 2.67. The molecule has 21 heavy (non-hydrogen) atoms. The maximum absolute atomic E-state index is 11.6. The van der Waals surface area contributed by atoms with Gasteiger partial charge in [-0.3, -0.25) is 4.79 Å². The number of carbonyl (C=O) groups excluding carboxylic acids is 1. The first-order chi connectivity index (χ1) is 10.1. The average molecular weight is 323 g/mol. The standard InChI is InChI=1S/C14H15ClN4OS/c1-8-4-10(9-2-3-21-7-9)6-19(8)14-11(13(16)20)5-12(15)17-18-14/h2-3,5,7-8,10H,4,6H2,1H3,(H2,16,20)/t8-,10-/m1/s1. The van der Waals surface area contributed by atoms with Gasteiger partial charge in [0, 0.05) is 18.5 Å². The van der Waals surface area contributed by atoms with E-state index in [9.17, 15) is 4.79 Å². The van der Waals surface area contributed by atoms with Gasteiger partial charge >= 0.3 is 0 Å². The van der Waals surface area contributed by atoms with Gasteiger partial charge < -0.3 is 10.6 Å². The molecule has 0 aliphatic carbocycles. The summed E-state index contributed by atoms with van der Waals surface area (Å²) in [7, 11) is 0. The second-order valence-corrected chi connectivity index (χ2v) is 6.43. The van der Waals surface area contributed by atoms with E-state index in [1.807, 2.05) is 0 Å². The van der Waals surface area contributed by atoms with Gasteiger partial charge in [-0.25, -0.2) is 0 Å². The SMILES string of the molecule is C[C@@H]1C[C@@H](c2ccsc2)CN1c1nnc(Cl)cc1C(N)=O. The van der Waals surface area contributed by atoms with E-state index in [1.54, 1.807) is 11.3 Å². The minimum absolute atomic E-state index is 0.175. The molecule has 2 aromatic heterocycles. The van der Waals surface area contributed by atoms with Crippen molar-refractivity contribution >= 4 is 34.7 Å². The Morgan fingerprint density at radius 1 is 1.52 bits per heavy atom. The summed E-state index contributed by atoms with van der Waals surface area (Å²) in [5.41, 5.74) is 7.09. The van der Waals surface area contributed by atoms with Crippen LogP contribution in [0.1, 0.15) is 35.2 Å². The molecule has 5 nitrogen and oxygen atoms in total. The molecule has 3 rings (SSSR count). The Labute approximate surface area is 131 Å². The van der Waals surface area contributed by atoms with E-state index in [4.69, 9.17) is 17.3 Å². The zero-order valence-electron chi connectivity index (χ0n) is 11.5. The first-order valence-corrected chi connectivity index (χ1v) is 8.00. The van der Waals surface area contributed by atoms with Crippen LogP contribution in [0.5, 0.6) is 0 Å². The van der Waals surface area contributed by atoms with Crippen molar-refractivity contribution in [2.75, 3.05) is 11.4 Å². The smallest absolute Gasteiger partial charge is 0.252 e. The minimum atomic E-state index is -0.534. The monoisotopic (exact) mass is 322 g/mol. The molecule has 0 bridgehead atoms. The number of nitrogens with two attached hydrogens (primary N) is 1. The van der Waals surface area contributed by atoms with Crippen molar-refractivity contribution in [2.24, 2.45) is 5.73 Å². The Bertz CT molecular complexity index is 661. The summed E-state index contributed by atoms with van der Waals surface area (Å²) >= 11 is 7.51. The average Bonchev–Trinajstić information content (AvgIpc) is 3.08. The molecule has 0 radical (unpaired) electrons. The fourth-order valence-corrected chi connectivity index (χ4v) is 3.72. The van der Waals surface area contributed by atoms with Crippen LogP contribution >= 0.6 is 22.9 Å². The van der Waals surface area contributed by atoms with Crippen LogP contribution < -0.4 is 10.6 Å². The number of rotatable bonds is 3. The van der Waals surface area contributed by atoms with Gasteiger partial charge in [0.1, 0.15) is 0 Å². The van der Waals surface area contributed by atoms with Crippen molar-refractivity contribution < 1.29 is 4.79 Å². The number of amides is 1. The van der Waals surface area contributed by atoms with Crippen LogP contribution in [0.4, 0.5) is 5.82 Å². The first-order valence-electron chi connectivity index (χ1n) is 6.68. The van der Waals surface area contributed by atoms with Gasteiger partial charge in [-0.05, 0) is 41.8 Å². The van der Waals surface area contributed by atoms with Crippen molar-refractivity contribution in [1.82, 2.24) is 10.2 Å². The highest BCUT2D eigenvalue weighted by molar-refractivity contribution is 7.08. The van der Waals surface area contributed by atoms with E-state index < -0.39 is 5.91 Å². The Morgan fingerprint density at radius 3 is 3.00 bits per heavy atom. The lowest BCUT2D eigenvalue weighted by Gasteiger charge is -2.23. The zero-order valence-corrected chi connectivity index (χ0v) is 13.1. The van der Waals surface area contributed by atoms with Gasteiger partial charge in [0.2, 0.25) is 0 Å². The third-order valence-electron chi connectivity index (χ3n) is 3.87. The molecule has 0 aromatic carbocycles. The van der Waals surface area contributed by atoms with Gasteiger partial charge in [-0.1, -0.05) is 11.6 Å². The van der Waals surface area contributed by atoms with Gasteiger partial charge in [-0.2, -0.15) is 11.3 Å². The number of hydrogen-bond acceptors (Lipinski definition) is 5. The molecule has 1 aliphatic rings. The molecule has 0 spiro atoms. The summed E-state index contributed by atoms with van der Waals surface area (Å²) in [6.45, 7) is 2.92. The van der Waals surface area contributed by atoms with E-state index >= 15 is 0 Å². The number of carbonyl (C=O) groups is 1. The van der Waals surface area contributed by atoms with E-state index in [2.05, 4.69) is 38.8 Å². The van der Waals surface area contributed by atoms with Crippen LogP contribution in [0.2, 0.25) is 5.15 Å². The molecule has 1 amide bonds. The quantitative estimate of drug-likeness (QED) is 0.943. The second-order valence-electron chi connectivity index (χ2n) is 5.26. The fourth-order valence-electron chi connectivity index (χ4n) is 2.83. The van der Waals surface area contributed by atoms with Gasteiger partial charge in [0.05, 0.1) is 5.56 Å². The molecule has 1 fully saturated rings. The number of thiophene rings is 1. The third kappa shape index (κ3) is 2.73. The highest BCUT2D eigenvalue weighted by Gasteiger charge is 2.33. The predicted molar refractivity (Wildman–Crippen MR) is 84.0 cm³/mol. The van der Waals surface area contributed by atoms with E-state index in [-0.39, 0.29) is 11.2 Å². The van der Waals surface area contributed by atoms with Crippen LogP contribution in [-0.4, -0.2) is 28.7 Å². The number of halogens is 1. The van der Waals surface area contributed by atoms with Crippen molar-refractivity contribution in [3.63, 3.8) is 0 Å². The minimum Gasteiger partial charge on any atom is -0.365 e. The Kier molecular flexibility index (Phi) is 3.82. The fraction of sp³-hybridized carbons (Fsp3) is 0.357. The summed E-state index contributed by atoms with van der Waals surface area (Å²) in [5, 5.41) is 12.4. The Morgan fingerprint density at radius 2 is 2.33 bits per heavy atom. The van der Waals surface area contributed by atoms with E-state index in [1.165, 1.54) is 11.6 Å². The molecular formula is C14H15ClN4OS. The maximum Gasteiger partial charge on any atom is 0.252 e. The highest BCUT2D eigenvalue weighted by atomic mass is 35.5. The Hall–Kier alpha value is -1.66. The highest BCUT2D eigenvalue weighted by Crippen LogP contribution is 2.36. The maximum atomic E-state index is 11.6. The lowest BCUT2D eigenvalue weighted by Crippen LogP contribution is -2.30. The summed E-state index contributed by atoms with van der Waals surface area (Å²) in [5.74, 6) is 0.426. The molecule has 1 aliphatic heterocycles. The van der Waals surface area contributed by atoms with E-state index in [0.717, 1.165) is 13.0 Å². The van der Waals surface area contributed by atoms with Crippen molar-refractivity contribution in [1.29, 1.82) is 0 Å². The zero-order chi connectivity index (χ0) is 15.0. The lowest BCUT2D eigenvalue weighted by atomic mass is 10.00. The molecule has 2 N–H and O–H groups in total. The molecule has 110 valence electrons. The number of aromatic nitrogens is 2. The van der Waals surface area contributed by atoms with Gasteiger partial charge in [0.15, 0.2) is 11.0 Å². The van der Waals surface area contributed by atoms with Gasteiger partial charge in [-0.15, -0.1) is 10.2 Å². The van der Waals surface area contributed by atoms with Crippen LogP contribution in [0.25, 0.3) is 0 Å². The number of hydrogen-bond donors (Lipinski definition) is 1. The number of anilines is 1. The van der Waals surface area contributed by atoms with Crippen molar-refractivity contribution in [3.05, 3.63) is 39.2 Å². The topological polar surface area (TPSA) is 72.1 Å². The summed E-state index contributed by atoms with van der Waals surface area (Å²) < 4.78 is 0. The molecule has 0 saturated carbocycles. The summed E-state index contributed by atoms with van der Waals surface area (Å²) in [6, 6.07) is 3.90. The molecule has 2 aromatic rings. The normalized spacial score (nSPS) is 21.7. The lowest BCUT2D eigenvalue weighted by molar-refractivity contribution is 0.1000. The first kappa shape index (κ1) is 14.3. The molecule has 2 atom stereocenters. The molecule has 1 saturated heterocycles. The summed E-state index contributed by atoms with van der Waals surface area (Å²) in [4.78, 5) is 13.7. The van der Waals surface area contributed by atoms with Gasteiger partial charge in [0.25, 0.3) is 5.91 Å². The van der Waals surface area contributed by atoms with Crippen LogP contribution in [0.15, 0.2) is 22.9 Å². The number of nitrogens with zero attached hydrogens (tertiary/aromatic N) is 3. The molecular weight excluding hydrogens is 308 g/mol. The van der Waals surface area contributed by atoms with E-state index in [0.29, 0.717) is 17.3 Å². The van der Waals surface area contributed by atoms with Crippen molar-refractivity contribution in [2.45, 2.75) is 25.3 Å². The molecule has 0 unspecified atom stereocenters. The third-order valence-corrected chi connectivity index (χ3v) is 4.76. The number of primary amides is 1.